The van der Waals surface area contributed by atoms with Crippen LogP contribution in [0.25, 0.3) is 0 Å². The van der Waals surface area contributed by atoms with Gasteiger partial charge in [-0.3, -0.25) is 4.90 Å². The normalized spacial score (nSPS) is 17.4. The van der Waals surface area contributed by atoms with Crippen molar-refractivity contribution in [2.45, 2.75) is 6.04 Å². The van der Waals surface area contributed by atoms with Crippen molar-refractivity contribution in [1.82, 2.24) is 10.2 Å². The van der Waals surface area contributed by atoms with E-state index in [0.717, 1.165) is 31.7 Å². The van der Waals surface area contributed by atoms with E-state index >= 15 is 0 Å². The maximum absolute atomic E-state index is 14.4. The maximum atomic E-state index is 14.4. The Balaban J connectivity index is 2.05. The van der Waals surface area contributed by atoms with Crippen LogP contribution in [-0.4, -0.2) is 31.1 Å². The van der Waals surface area contributed by atoms with E-state index in [1.807, 2.05) is 24.3 Å². The molecule has 22 heavy (non-hydrogen) atoms. The third-order valence-electron chi connectivity index (χ3n) is 3.98. The molecule has 1 atom stereocenters. The standard InChI is InChI=1S/C17H17Cl2FN2/c18-14-6-5-12(11-15(14)19)17(22-9-7-21-8-10-22)13-3-1-2-4-16(13)20/h1-6,11,17,21H,7-10H2. The highest BCUT2D eigenvalue weighted by molar-refractivity contribution is 6.42. The molecule has 1 fully saturated rings. The van der Waals surface area contributed by atoms with Gasteiger partial charge in [0.25, 0.3) is 0 Å². The van der Waals surface area contributed by atoms with E-state index in [1.54, 1.807) is 12.1 Å². The first kappa shape index (κ1) is 15.8. The van der Waals surface area contributed by atoms with E-state index in [9.17, 15) is 4.39 Å². The molecule has 1 saturated heterocycles. The summed E-state index contributed by atoms with van der Waals surface area (Å²) in [6, 6.07) is 12.3. The third kappa shape index (κ3) is 3.28. The van der Waals surface area contributed by atoms with Crippen LogP contribution >= 0.6 is 23.2 Å². The lowest BCUT2D eigenvalue weighted by atomic mass is 9.96. The van der Waals surface area contributed by atoms with Crippen LogP contribution in [0.2, 0.25) is 10.0 Å². The topological polar surface area (TPSA) is 15.3 Å². The molecule has 0 aromatic heterocycles. The number of halogens is 3. The minimum Gasteiger partial charge on any atom is -0.314 e. The molecule has 2 nitrogen and oxygen atoms in total. The molecule has 1 N–H and O–H groups in total. The lowest BCUT2D eigenvalue weighted by Gasteiger charge is -2.35. The first-order valence-corrected chi connectivity index (χ1v) is 8.06. The monoisotopic (exact) mass is 338 g/mol. The Morgan fingerprint density at radius 1 is 1.00 bits per heavy atom. The predicted octanol–water partition coefficient (Wildman–Crippen LogP) is 4.13. The third-order valence-corrected chi connectivity index (χ3v) is 4.71. The van der Waals surface area contributed by atoms with Crippen LogP contribution in [0, 0.1) is 5.82 Å². The number of rotatable bonds is 3. The predicted molar refractivity (Wildman–Crippen MR) is 89.1 cm³/mol. The Hall–Kier alpha value is -1.13. The maximum Gasteiger partial charge on any atom is 0.128 e. The lowest BCUT2D eigenvalue weighted by Crippen LogP contribution is -2.45. The van der Waals surface area contributed by atoms with Crippen LogP contribution in [0.3, 0.4) is 0 Å². The summed E-state index contributed by atoms with van der Waals surface area (Å²) >= 11 is 12.2. The molecule has 0 radical (unpaired) electrons. The quantitative estimate of drug-likeness (QED) is 0.905. The zero-order chi connectivity index (χ0) is 15.5. The molecule has 3 rings (SSSR count). The van der Waals surface area contributed by atoms with Gasteiger partial charge in [0.1, 0.15) is 5.82 Å². The van der Waals surface area contributed by atoms with Gasteiger partial charge in [-0.05, 0) is 23.8 Å². The fraction of sp³-hybridized carbons (Fsp3) is 0.294. The molecule has 1 heterocycles. The Bertz CT molecular complexity index is 657. The second kappa shape index (κ2) is 6.97. The molecule has 1 unspecified atom stereocenters. The van der Waals surface area contributed by atoms with Gasteiger partial charge in [-0.25, -0.2) is 4.39 Å². The second-order valence-corrected chi connectivity index (χ2v) is 6.20. The average Bonchev–Trinajstić information content (AvgIpc) is 2.54. The van der Waals surface area contributed by atoms with E-state index in [4.69, 9.17) is 23.2 Å². The van der Waals surface area contributed by atoms with Crippen molar-refractivity contribution in [2.24, 2.45) is 0 Å². The van der Waals surface area contributed by atoms with E-state index in [1.165, 1.54) is 6.07 Å². The first-order chi connectivity index (χ1) is 10.7. The summed E-state index contributed by atoms with van der Waals surface area (Å²) < 4.78 is 14.4. The van der Waals surface area contributed by atoms with Gasteiger partial charge in [-0.15, -0.1) is 0 Å². The van der Waals surface area contributed by atoms with Crippen LogP contribution in [0.1, 0.15) is 17.2 Å². The number of hydrogen-bond acceptors (Lipinski definition) is 2. The van der Waals surface area contributed by atoms with Gasteiger partial charge >= 0.3 is 0 Å². The van der Waals surface area contributed by atoms with Crippen LogP contribution in [-0.2, 0) is 0 Å². The number of nitrogens with zero attached hydrogens (tertiary/aromatic N) is 1. The summed E-state index contributed by atoms with van der Waals surface area (Å²) in [4.78, 5) is 2.27. The highest BCUT2D eigenvalue weighted by Crippen LogP contribution is 2.34. The highest BCUT2D eigenvalue weighted by Gasteiger charge is 2.26. The summed E-state index contributed by atoms with van der Waals surface area (Å²) in [5.74, 6) is -0.197. The van der Waals surface area contributed by atoms with Gasteiger partial charge in [0.05, 0.1) is 16.1 Å². The van der Waals surface area contributed by atoms with Gasteiger partial charge in [0.2, 0.25) is 0 Å². The van der Waals surface area contributed by atoms with Crippen molar-refractivity contribution >= 4 is 23.2 Å². The summed E-state index contributed by atoms with van der Waals surface area (Å²) in [7, 11) is 0. The van der Waals surface area contributed by atoms with Crippen LogP contribution < -0.4 is 5.32 Å². The van der Waals surface area contributed by atoms with Gasteiger partial charge in [0, 0.05) is 31.7 Å². The molecule has 0 amide bonds. The van der Waals surface area contributed by atoms with E-state index < -0.39 is 0 Å². The number of nitrogens with one attached hydrogen (secondary N) is 1. The van der Waals surface area contributed by atoms with Crippen molar-refractivity contribution in [2.75, 3.05) is 26.2 Å². The molecular formula is C17H17Cl2FN2. The van der Waals surface area contributed by atoms with E-state index in [2.05, 4.69) is 10.2 Å². The highest BCUT2D eigenvalue weighted by atomic mass is 35.5. The molecule has 5 heteroatoms. The Morgan fingerprint density at radius 2 is 1.73 bits per heavy atom. The van der Waals surface area contributed by atoms with Crippen molar-refractivity contribution in [3.63, 3.8) is 0 Å². The van der Waals surface area contributed by atoms with Gasteiger partial charge < -0.3 is 5.32 Å². The second-order valence-electron chi connectivity index (χ2n) is 5.38. The largest absolute Gasteiger partial charge is 0.314 e. The Labute approximate surface area is 139 Å². The number of piperazine rings is 1. The molecule has 2 aromatic rings. The van der Waals surface area contributed by atoms with Gasteiger partial charge in [0.15, 0.2) is 0 Å². The van der Waals surface area contributed by atoms with E-state index in [-0.39, 0.29) is 11.9 Å². The molecule has 1 aliphatic rings. The van der Waals surface area contributed by atoms with Crippen LogP contribution in [0.15, 0.2) is 42.5 Å². The fourth-order valence-corrected chi connectivity index (χ4v) is 3.21. The first-order valence-electron chi connectivity index (χ1n) is 7.31. The van der Waals surface area contributed by atoms with Crippen molar-refractivity contribution in [1.29, 1.82) is 0 Å². The summed E-state index contributed by atoms with van der Waals surface area (Å²) in [5, 5.41) is 4.33. The smallest absolute Gasteiger partial charge is 0.128 e. The van der Waals surface area contributed by atoms with Crippen LogP contribution in [0.5, 0.6) is 0 Å². The van der Waals surface area contributed by atoms with Gasteiger partial charge in [-0.2, -0.15) is 0 Å². The molecular weight excluding hydrogens is 322 g/mol. The molecule has 0 aliphatic carbocycles. The minimum atomic E-state index is -0.197. The fourth-order valence-electron chi connectivity index (χ4n) is 2.91. The molecule has 116 valence electrons. The summed E-state index contributed by atoms with van der Waals surface area (Å²) in [6.45, 7) is 3.51. The summed E-state index contributed by atoms with van der Waals surface area (Å²) in [6.07, 6.45) is 0. The summed E-state index contributed by atoms with van der Waals surface area (Å²) in [5.41, 5.74) is 1.63. The molecule has 0 saturated carbocycles. The van der Waals surface area contributed by atoms with Crippen molar-refractivity contribution < 1.29 is 4.39 Å². The minimum absolute atomic E-state index is 0.155. The molecule has 0 bridgehead atoms. The zero-order valence-corrected chi connectivity index (χ0v) is 13.5. The Morgan fingerprint density at radius 3 is 2.41 bits per heavy atom. The van der Waals surface area contributed by atoms with Crippen molar-refractivity contribution in [3.8, 4) is 0 Å². The molecule has 2 aromatic carbocycles. The Kier molecular flexibility index (Phi) is 4.99. The zero-order valence-electron chi connectivity index (χ0n) is 12.0. The SMILES string of the molecule is Fc1ccccc1C(c1ccc(Cl)c(Cl)c1)N1CCNCC1. The molecule has 0 spiro atoms. The number of hydrogen-bond donors (Lipinski definition) is 1. The van der Waals surface area contributed by atoms with Gasteiger partial charge in [-0.1, -0.05) is 47.5 Å². The molecule has 1 aliphatic heterocycles. The van der Waals surface area contributed by atoms with E-state index in [0.29, 0.717) is 15.6 Å². The average molecular weight is 339 g/mol. The lowest BCUT2D eigenvalue weighted by molar-refractivity contribution is 0.195. The van der Waals surface area contributed by atoms with Crippen molar-refractivity contribution in [3.05, 3.63) is 69.5 Å². The number of benzene rings is 2. The van der Waals surface area contributed by atoms with Crippen LogP contribution in [0.4, 0.5) is 4.39 Å².